The smallest absolute Gasteiger partial charge is 0.336 e. The third-order valence-electron chi connectivity index (χ3n) is 3.31. The van der Waals surface area contributed by atoms with Gasteiger partial charge in [-0.2, -0.15) is 0 Å². The Bertz CT molecular complexity index is 624. The van der Waals surface area contributed by atoms with E-state index in [0.29, 0.717) is 16.9 Å². The van der Waals surface area contributed by atoms with Crippen LogP contribution in [0.1, 0.15) is 41.4 Å². The largest absolute Gasteiger partial charge is 0.426 e. The number of aryl methyl sites for hydroxylation is 1. The van der Waals surface area contributed by atoms with Crippen molar-refractivity contribution in [2.75, 3.05) is 6.54 Å². The Balaban J connectivity index is 2.45. The van der Waals surface area contributed by atoms with E-state index in [1.54, 1.807) is 0 Å². The number of alkyl halides is 2. The van der Waals surface area contributed by atoms with E-state index in [1.807, 2.05) is 6.92 Å². The first-order chi connectivity index (χ1) is 9.93. The molecule has 0 saturated carbocycles. The summed E-state index contributed by atoms with van der Waals surface area (Å²) in [6.07, 6.45) is -1.08. The Hall–Kier alpha value is -2.05. The first-order valence-electron chi connectivity index (χ1n) is 6.72. The lowest BCUT2D eigenvalue weighted by atomic mass is 9.97. The van der Waals surface area contributed by atoms with Crippen molar-refractivity contribution in [3.05, 3.63) is 33.4 Å². The van der Waals surface area contributed by atoms with Crippen LogP contribution >= 0.6 is 0 Å². The molecule has 2 amide bonds. The summed E-state index contributed by atoms with van der Waals surface area (Å²) in [6.45, 7) is 1.01. The van der Waals surface area contributed by atoms with Gasteiger partial charge in [0.2, 0.25) is 5.91 Å². The molecule has 21 heavy (non-hydrogen) atoms. The van der Waals surface area contributed by atoms with Gasteiger partial charge in [-0.1, -0.05) is 13.3 Å². The highest BCUT2D eigenvalue weighted by Gasteiger charge is 2.36. The van der Waals surface area contributed by atoms with Crippen LogP contribution in [-0.4, -0.2) is 29.7 Å². The summed E-state index contributed by atoms with van der Waals surface area (Å²) in [7, 11) is 0. The molecule has 0 unspecified atom stereocenters. The number of fused-ring (bicyclic) bond motifs is 1. The normalized spacial score (nSPS) is 14.8. The molecule has 1 aromatic rings. The molecular formula is C14H15F2NO4. The summed E-state index contributed by atoms with van der Waals surface area (Å²) in [4.78, 5) is 36.0. The van der Waals surface area contributed by atoms with Crippen molar-refractivity contribution in [1.82, 2.24) is 4.90 Å². The first-order valence-corrected chi connectivity index (χ1v) is 6.72. The number of hydrogen-bond acceptors (Lipinski definition) is 4. The quantitative estimate of drug-likeness (QED) is 0.777. The molecule has 2 heterocycles. The first kappa shape index (κ1) is 15.3. The molecule has 1 aromatic heterocycles. The lowest BCUT2D eigenvalue weighted by Gasteiger charge is -2.26. The van der Waals surface area contributed by atoms with Crippen molar-refractivity contribution in [3.8, 4) is 0 Å². The Morgan fingerprint density at radius 2 is 2.05 bits per heavy atom. The summed E-state index contributed by atoms with van der Waals surface area (Å²) in [5.41, 5.74) is -0.0917. The van der Waals surface area contributed by atoms with Gasteiger partial charge in [0.05, 0.1) is 18.5 Å². The van der Waals surface area contributed by atoms with Crippen LogP contribution in [0.4, 0.5) is 8.78 Å². The Morgan fingerprint density at radius 3 is 2.67 bits per heavy atom. The fourth-order valence-electron chi connectivity index (χ4n) is 2.34. The van der Waals surface area contributed by atoms with Crippen molar-refractivity contribution < 1.29 is 22.8 Å². The van der Waals surface area contributed by atoms with Crippen molar-refractivity contribution in [3.63, 3.8) is 0 Å². The van der Waals surface area contributed by atoms with Crippen LogP contribution < -0.4 is 5.63 Å². The third-order valence-corrected chi connectivity index (χ3v) is 3.31. The minimum Gasteiger partial charge on any atom is -0.426 e. The molecule has 0 N–H and O–H groups in total. The number of nitrogens with zero attached hydrogens (tertiary/aromatic N) is 1. The van der Waals surface area contributed by atoms with E-state index < -0.39 is 30.4 Å². The highest BCUT2D eigenvalue weighted by molar-refractivity contribution is 6.09. The third kappa shape index (κ3) is 3.17. The molecule has 7 heteroatoms. The standard InChI is InChI=1S/C14H15F2NO4/c1-2-3-4-8-5-12(19)21-9-6-11(18)17(7-10(15)16)14(20)13(8)9/h5,10H,2-4,6-7H2,1H3. The number of halogens is 2. The maximum atomic E-state index is 12.5. The SMILES string of the molecule is CCCCc1cc(=O)oc2c1C(=O)N(CC(F)F)C(=O)C2. The van der Waals surface area contributed by atoms with Gasteiger partial charge in [0.15, 0.2) is 0 Å². The average molecular weight is 299 g/mol. The highest BCUT2D eigenvalue weighted by Crippen LogP contribution is 2.24. The molecule has 1 aliphatic heterocycles. The predicted octanol–water partition coefficient (Wildman–Crippen LogP) is 1.77. The highest BCUT2D eigenvalue weighted by atomic mass is 19.3. The number of amides is 2. The van der Waals surface area contributed by atoms with E-state index >= 15 is 0 Å². The minimum absolute atomic E-state index is 0.0193. The van der Waals surface area contributed by atoms with E-state index in [1.165, 1.54) is 6.07 Å². The minimum atomic E-state index is -2.80. The Morgan fingerprint density at radius 1 is 1.33 bits per heavy atom. The van der Waals surface area contributed by atoms with Crippen LogP contribution in [0.25, 0.3) is 0 Å². The number of unbranched alkanes of at least 4 members (excludes halogenated alkanes) is 1. The number of imide groups is 1. The molecule has 0 fully saturated rings. The fraction of sp³-hybridized carbons (Fsp3) is 0.500. The molecule has 0 spiro atoms. The van der Waals surface area contributed by atoms with Crippen LogP contribution in [0.15, 0.2) is 15.3 Å². The van der Waals surface area contributed by atoms with Crippen molar-refractivity contribution in [2.24, 2.45) is 0 Å². The van der Waals surface area contributed by atoms with Gasteiger partial charge in [-0.25, -0.2) is 13.6 Å². The lowest BCUT2D eigenvalue weighted by molar-refractivity contribution is -0.130. The second kappa shape index (κ2) is 6.15. The molecule has 0 atom stereocenters. The second-order valence-electron chi connectivity index (χ2n) is 4.87. The van der Waals surface area contributed by atoms with Crippen LogP contribution in [0.3, 0.4) is 0 Å². The van der Waals surface area contributed by atoms with Crippen LogP contribution in [0.5, 0.6) is 0 Å². The zero-order valence-corrected chi connectivity index (χ0v) is 11.5. The zero-order chi connectivity index (χ0) is 15.6. The second-order valence-corrected chi connectivity index (χ2v) is 4.87. The van der Waals surface area contributed by atoms with Crippen LogP contribution in [0.2, 0.25) is 0 Å². The monoisotopic (exact) mass is 299 g/mol. The van der Waals surface area contributed by atoms with Gasteiger partial charge in [-0.3, -0.25) is 14.5 Å². The molecule has 0 bridgehead atoms. The number of rotatable bonds is 5. The van der Waals surface area contributed by atoms with E-state index in [-0.39, 0.29) is 17.7 Å². The number of carbonyl (C=O) groups excluding carboxylic acids is 2. The zero-order valence-electron chi connectivity index (χ0n) is 11.5. The van der Waals surface area contributed by atoms with Crippen molar-refractivity contribution in [1.29, 1.82) is 0 Å². The topological polar surface area (TPSA) is 67.6 Å². The van der Waals surface area contributed by atoms with Gasteiger partial charge < -0.3 is 4.42 Å². The Labute approximate surface area is 119 Å². The van der Waals surface area contributed by atoms with Crippen LogP contribution in [-0.2, 0) is 17.6 Å². The summed E-state index contributed by atoms with van der Waals surface area (Å²) >= 11 is 0. The summed E-state index contributed by atoms with van der Waals surface area (Å²) in [6, 6.07) is 1.20. The molecule has 5 nitrogen and oxygen atoms in total. The Kier molecular flexibility index (Phi) is 4.50. The van der Waals surface area contributed by atoms with E-state index in [9.17, 15) is 23.2 Å². The molecular weight excluding hydrogens is 284 g/mol. The van der Waals surface area contributed by atoms with Gasteiger partial charge in [-0.15, -0.1) is 0 Å². The predicted molar refractivity (Wildman–Crippen MR) is 69.3 cm³/mol. The maximum absolute atomic E-state index is 12.5. The average Bonchev–Trinajstić information content (AvgIpc) is 2.39. The molecule has 2 rings (SSSR count). The summed E-state index contributed by atoms with van der Waals surface area (Å²) in [5, 5.41) is 0. The van der Waals surface area contributed by atoms with Crippen molar-refractivity contribution in [2.45, 2.75) is 39.0 Å². The van der Waals surface area contributed by atoms with Crippen molar-refractivity contribution >= 4 is 11.8 Å². The summed E-state index contributed by atoms with van der Waals surface area (Å²) < 4.78 is 29.9. The molecule has 1 aliphatic rings. The number of carbonyl (C=O) groups is 2. The summed E-state index contributed by atoms with van der Waals surface area (Å²) in [5.74, 6) is -1.60. The lowest BCUT2D eigenvalue weighted by Crippen LogP contribution is -2.45. The molecule has 0 aliphatic carbocycles. The maximum Gasteiger partial charge on any atom is 0.336 e. The fourth-order valence-corrected chi connectivity index (χ4v) is 2.34. The van der Waals surface area contributed by atoms with E-state index in [2.05, 4.69) is 0 Å². The van der Waals surface area contributed by atoms with E-state index in [4.69, 9.17) is 4.42 Å². The van der Waals surface area contributed by atoms with Gasteiger partial charge in [0.1, 0.15) is 5.76 Å². The van der Waals surface area contributed by atoms with Gasteiger partial charge in [0, 0.05) is 6.07 Å². The molecule has 0 radical (unpaired) electrons. The van der Waals surface area contributed by atoms with Gasteiger partial charge >= 0.3 is 5.63 Å². The van der Waals surface area contributed by atoms with Gasteiger partial charge in [0.25, 0.3) is 12.3 Å². The van der Waals surface area contributed by atoms with Crippen LogP contribution in [0, 0.1) is 0 Å². The van der Waals surface area contributed by atoms with E-state index in [0.717, 1.165) is 12.8 Å². The molecule has 0 saturated heterocycles. The molecule has 114 valence electrons. The molecule has 0 aromatic carbocycles. The number of hydrogen-bond donors (Lipinski definition) is 0. The van der Waals surface area contributed by atoms with Gasteiger partial charge in [-0.05, 0) is 18.4 Å².